The van der Waals surface area contributed by atoms with Gasteiger partial charge in [0.2, 0.25) is 0 Å². The molecule has 3 aromatic rings. The maximum atomic E-state index is 13.0. The number of benzene rings is 1. The SMILES string of the molecule is Cn1ncc(C(=O)Nc2nn(Cc3ccc(F)cc3)cc2Br)c1C(=O)O. The van der Waals surface area contributed by atoms with Gasteiger partial charge in [-0.1, -0.05) is 12.1 Å². The zero-order valence-corrected chi connectivity index (χ0v) is 15.1. The van der Waals surface area contributed by atoms with Crippen LogP contribution in [-0.4, -0.2) is 36.5 Å². The first kappa shape index (κ1) is 17.8. The Labute approximate surface area is 155 Å². The van der Waals surface area contributed by atoms with Crippen molar-refractivity contribution in [1.29, 1.82) is 0 Å². The van der Waals surface area contributed by atoms with E-state index >= 15 is 0 Å². The molecule has 0 radical (unpaired) electrons. The minimum absolute atomic E-state index is 0.0695. The summed E-state index contributed by atoms with van der Waals surface area (Å²) in [5.74, 6) is -1.98. The molecule has 2 N–H and O–H groups in total. The molecule has 134 valence electrons. The van der Waals surface area contributed by atoms with Crippen LogP contribution < -0.4 is 5.32 Å². The van der Waals surface area contributed by atoms with Crippen LogP contribution in [0, 0.1) is 5.82 Å². The second-order valence-corrected chi connectivity index (χ2v) is 6.29. The first-order chi connectivity index (χ1) is 12.3. The summed E-state index contributed by atoms with van der Waals surface area (Å²) in [4.78, 5) is 23.6. The van der Waals surface area contributed by atoms with Gasteiger partial charge >= 0.3 is 5.97 Å². The highest BCUT2D eigenvalue weighted by Crippen LogP contribution is 2.22. The number of halogens is 2. The number of nitrogens with one attached hydrogen (secondary N) is 1. The van der Waals surface area contributed by atoms with Gasteiger partial charge < -0.3 is 10.4 Å². The molecule has 0 bridgehead atoms. The number of aromatic carboxylic acids is 1. The van der Waals surface area contributed by atoms with Gasteiger partial charge in [-0.2, -0.15) is 10.2 Å². The van der Waals surface area contributed by atoms with Crippen molar-refractivity contribution in [3.63, 3.8) is 0 Å². The molecule has 0 aliphatic heterocycles. The number of nitrogens with zero attached hydrogens (tertiary/aromatic N) is 4. The van der Waals surface area contributed by atoms with Crippen LogP contribution in [0.4, 0.5) is 10.2 Å². The van der Waals surface area contributed by atoms with Crippen molar-refractivity contribution in [2.24, 2.45) is 7.05 Å². The van der Waals surface area contributed by atoms with Gasteiger partial charge in [-0.3, -0.25) is 14.2 Å². The second kappa shape index (κ2) is 7.08. The quantitative estimate of drug-likeness (QED) is 0.658. The molecule has 0 unspecified atom stereocenters. The third-order valence-electron chi connectivity index (χ3n) is 3.59. The van der Waals surface area contributed by atoms with Crippen molar-refractivity contribution in [3.8, 4) is 0 Å². The van der Waals surface area contributed by atoms with E-state index in [0.29, 0.717) is 11.0 Å². The molecule has 3 rings (SSSR count). The summed E-state index contributed by atoms with van der Waals surface area (Å²) in [7, 11) is 1.44. The minimum Gasteiger partial charge on any atom is -0.477 e. The van der Waals surface area contributed by atoms with Gasteiger partial charge in [0.15, 0.2) is 11.5 Å². The van der Waals surface area contributed by atoms with Crippen molar-refractivity contribution in [1.82, 2.24) is 19.6 Å². The molecule has 0 saturated carbocycles. The number of carbonyl (C=O) groups excluding carboxylic acids is 1. The van der Waals surface area contributed by atoms with Crippen molar-refractivity contribution in [2.75, 3.05) is 5.32 Å². The topological polar surface area (TPSA) is 102 Å². The van der Waals surface area contributed by atoms with E-state index in [1.54, 1.807) is 23.0 Å². The molecule has 0 fully saturated rings. The lowest BCUT2D eigenvalue weighted by Crippen LogP contribution is -2.17. The van der Waals surface area contributed by atoms with E-state index < -0.39 is 11.9 Å². The van der Waals surface area contributed by atoms with Crippen molar-refractivity contribution in [3.05, 3.63) is 63.8 Å². The van der Waals surface area contributed by atoms with Gasteiger partial charge in [0.1, 0.15) is 5.82 Å². The van der Waals surface area contributed by atoms with Gasteiger partial charge in [-0.05, 0) is 33.6 Å². The van der Waals surface area contributed by atoms with Gasteiger partial charge in [-0.25, -0.2) is 9.18 Å². The summed E-state index contributed by atoms with van der Waals surface area (Å²) in [6, 6.07) is 5.98. The Kier molecular flexibility index (Phi) is 4.85. The number of carboxylic acids is 1. The van der Waals surface area contributed by atoms with Crippen LogP contribution in [0.25, 0.3) is 0 Å². The van der Waals surface area contributed by atoms with E-state index in [-0.39, 0.29) is 22.9 Å². The standard InChI is InChI=1S/C16H13BrFN5O3/c1-22-13(16(25)26)11(6-19-22)15(24)20-14-12(17)8-23(21-14)7-9-2-4-10(18)5-3-9/h2-6,8H,7H2,1H3,(H,25,26)(H,20,21,24). The molecule has 1 aromatic carbocycles. The lowest BCUT2D eigenvalue weighted by molar-refractivity contribution is 0.0680. The first-order valence-electron chi connectivity index (χ1n) is 7.39. The second-order valence-electron chi connectivity index (χ2n) is 5.44. The lowest BCUT2D eigenvalue weighted by atomic mass is 10.2. The average Bonchev–Trinajstić information content (AvgIpc) is 3.12. The largest absolute Gasteiger partial charge is 0.477 e. The highest BCUT2D eigenvalue weighted by atomic mass is 79.9. The lowest BCUT2D eigenvalue weighted by Gasteiger charge is -2.03. The number of hydrogen-bond donors (Lipinski definition) is 2. The number of amides is 1. The third-order valence-corrected chi connectivity index (χ3v) is 4.17. The van der Waals surface area contributed by atoms with Crippen molar-refractivity contribution in [2.45, 2.75) is 6.54 Å². The van der Waals surface area contributed by atoms with Crippen LogP contribution in [0.2, 0.25) is 0 Å². The summed E-state index contributed by atoms with van der Waals surface area (Å²) in [6.07, 6.45) is 2.84. The molecule has 26 heavy (non-hydrogen) atoms. The zero-order valence-electron chi connectivity index (χ0n) is 13.5. The Balaban J connectivity index is 1.78. The predicted molar refractivity (Wildman–Crippen MR) is 93.5 cm³/mol. The Bertz CT molecular complexity index is 980. The highest BCUT2D eigenvalue weighted by molar-refractivity contribution is 9.10. The summed E-state index contributed by atoms with van der Waals surface area (Å²) in [5.41, 5.74) is 0.545. The minimum atomic E-state index is -1.25. The van der Waals surface area contributed by atoms with E-state index in [0.717, 1.165) is 10.2 Å². The van der Waals surface area contributed by atoms with E-state index in [1.165, 1.54) is 25.4 Å². The number of aryl methyl sites for hydroxylation is 1. The maximum absolute atomic E-state index is 13.0. The van der Waals surface area contributed by atoms with Crippen LogP contribution in [-0.2, 0) is 13.6 Å². The van der Waals surface area contributed by atoms with Crippen LogP contribution in [0.3, 0.4) is 0 Å². The molecular weight excluding hydrogens is 409 g/mol. The van der Waals surface area contributed by atoms with E-state index in [2.05, 4.69) is 31.4 Å². The molecule has 0 aliphatic rings. The molecule has 10 heteroatoms. The predicted octanol–water partition coefficient (Wildman–Crippen LogP) is 2.52. The number of aromatic nitrogens is 4. The van der Waals surface area contributed by atoms with Gasteiger partial charge in [-0.15, -0.1) is 0 Å². The number of carboxylic acid groups (broad SMARTS) is 1. The Morgan fingerprint density at radius 2 is 2.00 bits per heavy atom. The van der Waals surface area contributed by atoms with Crippen LogP contribution in [0.15, 0.2) is 41.1 Å². The molecule has 8 nitrogen and oxygen atoms in total. The van der Waals surface area contributed by atoms with Gasteiger partial charge in [0.25, 0.3) is 5.91 Å². The Hall–Kier alpha value is -3.01. The van der Waals surface area contributed by atoms with Crippen LogP contribution >= 0.6 is 15.9 Å². The molecule has 0 spiro atoms. The monoisotopic (exact) mass is 421 g/mol. The van der Waals surface area contributed by atoms with Crippen LogP contribution in [0.1, 0.15) is 26.4 Å². The summed E-state index contributed by atoms with van der Waals surface area (Å²) < 4.78 is 16.2. The fourth-order valence-corrected chi connectivity index (χ4v) is 2.79. The van der Waals surface area contributed by atoms with E-state index in [4.69, 9.17) is 0 Å². The van der Waals surface area contributed by atoms with E-state index in [1.807, 2.05) is 0 Å². The van der Waals surface area contributed by atoms with Crippen LogP contribution in [0.5, 0.6) is 0 Å². The normalized spacial score (nSPS) is 10.7. The molecule has 0 saturated heterocycles. The van der Waals surface area contributed by atoms with Gasteiger partial charge in [0, 0.05) is 13.2 Å². The fraction of sp³-hybridized carbons (Fsp3) is 0.125. The van der Waals surface area contributed by atoms with Crippen molar-refractivity contribution < 1.29 is 19.1 Å². The Morgan fingerprint density at radius 3 is 2.65 bits per heavy atom. The van der Waals surface area contributed by atoms with Gasteiger partial charge in [0.05, 0.1) is 22.8 Å². The molecule has 2 aromatic heterocycles. The Morgan fingerprint density at radius 1 is 1.31 bits per heavy atom. The maximum Gasteiger partial charge on any atom is 0.354 e. The smallest absolute Gasteiger partial charge is 0.354 e. The third kappa shape index (κ3) is 3.64. The molecular formula is C16H13BrFN5O3. The fourth-order valence-electron chi connectivity index (χ4n) is 2.37. The highest BCUT2D eigenvalue weighted by Gasteiger charge is 2.22. The summed E-state index contributed by atoms with van der Waals surface area (Å²) in [5, 5.41) is 19.8. The first-order valence-corrected chi connectivity index (χ1v) is 8.18. The zero-order chi connectivity index (χ0) is 18.8. The van der Waals surface area contributed by atoms with E-state index in [9.17, 15) is 19.1 Å². The molecule has 0 aliphatic carbocycles. The molecule has 0 atom stereocenters. The average molecular weight is 422 g/mol. The number of carbonyl (C=O) groups is 2. The number of rotatable bonds is 5. The molecule has 2 heterocycles. The number of hydrogen-bond acceptors (Lipinski definition) is 4. The number of anilines is 1. The summed E-state index contributed by atoms with van der Waals surface area (Å²) in [6.45, 7) is 0.377. The summed E-state index contributed by atoms with van der Waals surface area (Å²) >= 11 is 3.30. The van der Waals surface area contributed by atoms with Crippen molar-refractivity contribution >= 4 is 33.6 Å². The molecule has 1 amide bonds.